The summed E-state index contributed by atoms with van der Waals surface area (Å²) < 4.78 is 4.95. The summed E-state index contributed by atoms with van der Waals surface area (Å²) in [6.07, 6.45) is 3.88. The van der Waals surface area contributed by atoms with E-state index in [0.29, 0.717) is 25.0 Å². The minimum atomic E-state index is -0.678. The number of ether oxygens (including phenoxy) is 1. The van der Waals surface area contributed by atoms with Crippen LogP contribution in [-0.2, 0) is 19.1 Å². The number of carbonyl (C=O) groups is 3. The lowest BCUT2D eigenvalue weighted by molar-refractivity contribution is -0.139. The Labute approximate surface area is 203 Å². The van der Waals surface area contributed by atoms with Crippen LogP contribution in [-0.4, -0.2) is 61.0 Å². The van der Waals surface area contributed by atoms with Gasteiger partial charge in [-0.2, -0.15) is 0 Å². The van der Waals surface area contributed by atoms with E-state index in [1.165, 1.54) is 4.90 Å². The van der Waals surface area contributed by atoms with E-state index in [2.05, 4.69) is 38.3 Å². The molecule has 0 saturated carbocycles. The molecule has 2 amide bonds. The maximum absolute atomic E-state index is 13.1. The van der Waals surface area contributed by atoms with Crippen LogP contribution in [0.15, 0.2) is 11.6 Å². The Bertz CT molecular complexity index is 608. The molecule has 194 valence electrons. The van der Waals surface area contributed by atoms with Crippen LogP contribution in [0.1, 0.15) is 88.5 Å². The van der Waals surface area contributed by atoms with Crippen molar-refractivity contribution in [2.24, 2.45) is 11.8 Å². The Morgan fingerprint density at radius 3 is 1.91 bits per heavy atom. The zero-order valence-electron chi connectivity index (χ0n) is 23.1. The lowest BCUT2D eigenvalue weighted by Crippen LogP contribution is -2.61. The van der Waals surface area contributed by atoms with Gasteiger partial charge in [0.05, 0.1) is 12.1 Å². The molecule has 0 spiro atoms. The van der Waals surface area contributed by atoms with Crippen LogP contribution in [0.4, 0.5) is 0 Å². The maximum Gasteiger partial charge on any atom is 0.333 e. The molecule has 0 aliphatic heterocycles. The first kappa shape index (κ1) is 33.3. The van der Waals surface area contributed by atoms with Crippen LogP contribution >= 0.6 is 0 Å². The van der Waals surface area contributed by atoms with Gasteiger partial charge in [-0.1, -0.05) is 61.5 Å². The van der Waals surface area contributed by atoms with Gasteiger partial charge in [0.1, 0.15) is 6.04 Å². The number of nitrogens with one attached hydrogen (secondary N) is 2. The van der Waals surface area contributed by atoms with E-state index >= 15 is 0 Å². The molecule has 0 aliphatic carbocycles. The summed E-state index contributed by atoms with van der Waals surface area (Å²) >= 11 is 0. The zero-order valence-corrected chi connectivity index (χ0v) is 23.1. The van der Waals surface area contributed by atoms with Gasteiger partial charge in [0.2, 0.25) is 11.8 Å². The Morgan fingerprint density at radius 2 is 1.52 bits per heavy atom. The van der Waals surface area contributed by atoms with E-state index in [4.69, 9.17) is 4.74 Å². The highest BCUT2D eigenvalue weighted by Gasteiger charge is 2.37. The Hall–Kier alpha value is -1.89. The molecule has 33 heavy (non-hydrogen) atoms. The summed E-state index contributed by atoms with van der Waals surface area (Å²) in [7, 11) is 1.67. The third-order valence-electron chi connectivity index (χ3n) is 5.22. The van der Waals surface area contributed by atoms with Gasteiger partial charge in [-0.25, -0.2) is 4.79 Å². The number of esters is 1. The lowest BCUT2D eigenvalue weighted by atomic mass is 9.90. The number of carbonyl (C=O) groups excluding carboxylic acids is 3. The number of hydrogen-bond donors (Lipinski definition) is 2. The molecule has 0 heterocycles. The van der Waals surface area contributed by atoms with Crippen molar-refractivity contribution in [3.05, 3.63) is 11.6 Å². The molecule has 0 aromatic carbocycles. The molecule has 0 rings (SSSR count). The van der Waals surface area contributed by atoms with Gasteiger partial charge < -0.3 is 20.3 Å². The molecule has 1 unspecified atom stereocenters. The number of likely N-dealkylation sites (N-methyl/N-ethyl adjacent to an activating group) is 1. The highest BCUT2D eigenvalue weighted by atomic mass is 16.5. The highest BCUT2D eigenvalue weighted by molar-refractivity contribution is 5.92. The van der Waals surface area contributed by atoms with E-state index < -0.39 is 11.6 Å². The van der Waals surface area contributed by atoms with Crippen molar-refractivity contribution in [1.29, 1.82) is 0 Å². The molecule has 0 radical (unpaired) electrons. The van der Waals surface area contributed by atoms with E-state index in [1.54, 1.807) is 27.0 Å². The average Bonchev–Trinajstić information content (AvgIpc) is 2.75. The Kier molecular flexibility index (Phi) is 17.7. The summed E-state index contributed by atoms with van der Waals surface area (Å²) in [5.74, 6) is 0.0499. The summed E-state index contributed by atoms with van der Waals surface area (Å²) in [5, 5.41) is 6.34. The van der Waals surface area contributed by atoms with Gasteiger partial charge >= 0.3 is 5.97 Å². The highest BCUT2D eigenvalue weighted by Crippen LogP contribution is 2.17. The number of nitrogens with zero attached hydrogens (tertiary/aromatic N) is 1. The Balaban J connectivity index is 0. The van der Waals surface area contributed by atoms with Gasteiger partial charge in [-0.05, 0) is 51.5 Å². The van der Waals surface area contributed by atoms with Gasteiger partial charge in [0, 0.05) is 19.2 Å². The predicted octanol–water partition coefficient (Wildman–Crippen LogP) is 4.32. The van der Waals surface area contributed by atoms with E-state index in [1.807, 2.05) is 27.7 Å². The van der Waals surface area contributed by atoms with Crippen LogP contribution in [0.25, 0.3) is 0 Å². The molecule has 0 fully saturated rings. The van der Waals surface area contributed by atoms with Crippen molar-refractivity contribution in [1.82, 2.24) is 15.5 Å². The number of amides is 2. The van der Waals surface area contributed by atoms with Crippen molar-refractivity contribution in [3.63, 3.8) is 0 Å². The van der Waals surface area contributed by atoms with Crippen LogP contribution in [0.3, 0.4) is 0 Å². The second kappa shape index (κ2) is 17.6. The normalized spacial score (nSPS) is 12.7. The smallest absolute Gasteiger partial charge is 0.333 e. The fourth-order valence-electron chi connectivity index (χ4n) is 2.99. The fraction of sp³-hybridized carbons (Fsp3) is 0.808. The van der Waals surface area contributed by atoms with Gasteiger partial charge in [0.25, 0.3) is 0 Å². The molecule has 0 aromatic rings. The minimum Gasteiger partial charge on any atom is -0.463 e. The average molecular weight is 470 g/mol. The predicted molar refractivity (Wildman–Crippen MR) is 137 cm³/mol. The van der Waals surface area contributed by atoms with Crippen molar-refractivity contribution in [2.45, 2.75) is 100 Å². The van der Waals surface area contributed by atoms with Crippen molar-refractivity contribution in [3.8, 4) is 0 Å². The first-order valence-electron chi connectivity index (χ1n) is 12.5. The lowest BCUT2D eigenvalue weighted by Gasteiger charge is -2.35. The molecular formula is C26H51N3O4. The molecule has 0 aliphatic rings. The summed E-state index contributed by atoms with van der Waals surface area (Å²) in [5.41, 5.74) is -0.223. The second-order valence-electron chi connectivity index (χ2n) is 9.47. The largest absolute Gasteiger partial charge is 0.463 e. The number of rotatable bonds is 13. The minimum absolute atomic E-state index is 0.0679. The molecule has 0 aromatic heterocycles. The van der Waals surface area contributed by atoms with Gasteiger partial charge in [-0.15, -0.1) is 0 Å². The van der Waals surface area contributed by atoms with Crippen molar-refractivity contribution < 1.29 is 19.1 Å². The van der Waals surface area contributed by atoms with Crippen LogP contribution in [0.2, 0.25) is 0 Å². The summed E-state index contributed by atoms with van der Waals surface area (Å²) in [6, 6.07) is -0.635. The van der Waals surface area contributed by atoms with Crippen LogP contribution in [0.5, 0.6) is 0 Å². The quantitative estimate of drug-likeness (QED) is 0.310. The molecular weight excluding hydrogens is 418 g/mol. The third-order valence-corrected chi connectivity index (χ3v) is 5.22. The molecule has 7 heteroatoms. The van der Waals surface area contributed by atoms with Crippen molar-refractivity contribution in [2.75, 3.05) is 26.7 Å². The van der Waals surface area contributed by atoms with Crippen molar-refractivity contribution >= 4 is 17.8 Å². The SMILES string of the molecule is CC(C)C.CCCNC(CC)(CC)C(=O)NC(C(=O)N(C)C/C=C(\C)C(=O)OCC)C(C)C. The fourth-order valence-corrected chi connectivity index (χ4v) is 2.99. The number of hydrogen-bond acceptors (Lipinski definition) is 5. The first-order chi connectivity index (χ1) is 15.3. The molecule has 0 bridgehead atoms. The zero-order chi connectivity index (χ0) is 26.2. The van der Waals surface area contributed by atoms with E-state index in [9.17, 15) is 14.4 Å². The second-order valence-corrected chi connectivity index (χ2v) is 9.47. The molecule has 0 saturated heterocycles. The monoisotopic (exact) mass is 469 g/mol. The summed E-state index contributed by atoms with van der Waals surface area (Å²) in [4.78, 5) is 39.3. The summed E-state index contributed by atoms with van der Waals surface area (Å²) in [6.45, 7) is 21.1. The topological polar surface area (TPSA) is 87.7 Å². The molecule has 1 atom stereocenters. The molecule has 7 nitrogen and oxygen atoms in total. The molecule has 2 N–H and O–H groups in total. The van der Waals surface area contributed by atoms with Crippen LogP contribution in [0, 0.1) is 11.8 Å². The van der Waals surface area contributed by atoms with Crippen LogP contribution < -0.4 is 10.6 Å². The van der Waals surface area contributed by atoms with E-state index in [0.717, 1.165) is 18.9 Å². The van der Waals surface area contributed by atoms with E-state index in [-0.39, 0.29) is 30.2 Å². The Morgan fingerprint density at radius 1 is 1.00 bits per heavy atom. The van der Waals surface area contributed by atoms with Gasteiger partial charge in [0.15, 0.2) is 0 Å². The third kappa shape index (κ3) is 12.8. The first-order valence-corrected chi connectivity index (χ1v) is 12.5. The maximum atomic E-state index is 13.1. The standard InChI is InChI=1S/C22H41N3O4.C4H10/c1-9-14-23-22(10-2,11-3)21(28)24-18(16(5)6)19(26)25(8)15-13-17(7)20(27)29-12-4;1-4(2)3/h13,16,18,23H,9-12,14-15H2,1-8H3,(H,24,28);4H,1-3H3/b17-13+;. The van der Waals surface area contributed by atoms with Gasteiger partial charge in [-0.3, -0.25) is 9.59 Å².